The molecule has 0 bridgehead atoms. The average Bonchev–Trinajstić information content (AvgIpc) is 2.14. The van der Waals surface area contributed by atoms with Crippen LogP contribution in [0.3, 0.4) is 0 Å². The summed E-state index contributed by atoms with van der Waals surface area (Å²) in [5.41, 5.74) is 0. The van der Waals surface area contributed by atoms with E-state index >= 15 is 0 Å². The lowest BCUT2D eigenvalue weighted by Crippen LogP contribution is -2.39. The van der Waals surface area contributed by atoms with E-state index in [0.29, 0.717) is 19.4 Å². The zero-order valence-electron chi connectivity index (χ0n) is 7.65. The van der Waals surface area contributed by atoms with Crippen molar-refractivity contribution in [3.8, 4) is 0 Å². The SMILES string of the molecule is O=C(O)/C=C/C(=O)N1CCC[C@H](F)C1. The molecular weight excluding hydrogens is 189 g/mol. The van der Waals surface area contributed by atoms with Gasteiger partial charge in [0.05, 0.1) is 6.54 Å². The smallest absolute Gasteiger partial charge is 0.328 e. The molecule has 0 saturated carbocycles. The maximum Gasteiger partial charge on any atom is 0.328 e. The number of halogens is 1. The van der Waals surface area contributed by atoms with Crippen LogP contribution in [0.1, 0.15) is 12.8 Å². The fourth-order valence-corrected chi connectivity index (χ4v) is 1.37. The average molecular weight is 201 g/mol. The van der Waals surface area contributed by atoms with Gasteiger partial charge in [-0.2, -0.15) is 0 Å². The summed E-state index contributed by atoms with van der Waals surface area (Å²) in [5.74, 6) is -1.61. The third-order valence-corrected chi connectivity index (χ3v) is 2.04. The molecule has 0 unspecified atom stereocenters. The van der Waals surface area contributed by atoms with E-state index < -0.39 is 18.0 Å². The van der Waals surface area contributed by atoms with E-state index in [0.717, 1.165) is 12.2 Å². The minimum atomic E-state index is -1.17. The minimum absolute atomic E-state index is 0.0722. The van der Waals surface area contributed by atoms with Crippen LogP contribution in [0.25, 0.3) is 0 Å². The zero-order valence-corrected chi connectivity index (χ0v) is 7.65. The zero-order chi connectivity index (χ0) is 10.6. The Hall–Kier alpha value is -1.39. The van der Waals surface area contributed by atoms with E-state index in [-0.39, 0.29) is 6.54 Å². The van der Waals surface area contributed by atoms with Gasteiger partial charge in [0.25, 0.3) is 0 Å². The van der Waals surface area contributed by atoms with Crippen molar-refractivity contribution in [2.75, 3.05) is 13.1 Å². The lowest BCUT2D eigenvalue weighted by molar-refractivity contribution is -0.132. The second-order valence-corrected chi connectivity index (χ2v) is 3.20. The highest BCUT2D eigenvalue weighted by atomic mass is 19.1. The Balaban J connectivity index is 2.47. The molecule has 1 aliphatic heterocycles. The number of carboxylic acid groups (broad SMARTS) is 1. The molecular formula is C9H12FNO3. The monoisotopic (exact) mass is 201 g/mol. The van der Waals surface area contributed by atoms with Crippen molar-refractivity contribution in [1.82, 2.24) is 4.90 Å². The van der Waals surface area contributed by atoms with Crippen LogP contribution in [-0.2, 0) is 9.59 Å². The number of carbonyl (C=O) groups excluding carboxylic acids is 1. The van der Waals surface area contributed by atoms with Gasteiger partial charge in [0.2, 0.25) is 5.91 Å². The number of alkyl halides is 1. The third-order valence-electron chi connectivity index (χ3n) is 2.04. The van der Waals surface area contributed by atoms with Gasteiger partial charge in [0.15, 0.2) is 0 Å². The van der Waals surface area contributed by atoms with Crippen molar-refractivity contribution in [3.05, 3.63) is 12.2 Å². The molecule has 1 fully saturated rings. The van der Waals surface area contributed by atoms with Crippen molar-refractivity contribution < 1.29 is 19.1 Å². The molecule has 0 spiro atoms. The fraction of sp³-hybridized carbons (Fsp3) is 0.556. The highest BCUT2D eigenvalue weighted by Gasteiger charge is 2.21. The molecule has 0 radical (unpaired) electrons. The van der Waals surface area contributed by atoms with Crippen molar-refractivity contribution in [2.45, 2.75) is 19.0 Å². The molecule has 1 heterocycles. The van der Waals surface area contributed by atoms with E-state index in [9.17, 15) is 14.0 Å². The standard InChI is InChI=1S/C9H12FNO3/c10-7-2-1-5-11(6-7)8(12)3-4-9(13)14/h3-4,7H,1-2,5-6H2,(H,13,14)/b4-3+/t7-/m0/s1. The molecule has 4 nitrogen and oxygen atoms in total. The Morgan fingerprint density at radius 3 is 2.71 bits per heavy atom. The van der Waals surface area contributed by atoms with Gasteiger partial charge < -0.3 is 10.0 Å². The van der Waals surface area contributed by atoms with Gasteiger partial charge in [-0.1, -0.05) is 0 Å². The number of aliphatic carboxylic acids is 1. The lowest BCUT2D eigenvalue weighted by atomic mass is 10.1. The van der Waals surface area contributed by atoms with Crippen LogP contribution in [0.5, 0.6) is 0 Å². The van der Waals surface area contributed by atoms with Crippen LogP contribution in [0.15, 0.2) is 12.2 Å². The second-order valence-electron chi connectivity index (χ2n) is 3.20. The minimum Gasteiger partial charge on any atom is -0.478 e. The molecule has 0 aromatic carbocycles. The maximum atomic E-state index is 12.9. The first-order chi connectivity index (χ1) is 6.59. The summed E-state index contributed by atoms with van der Waals surface area (Å²) < 4.78 is 12.9. The van der Waals surface area contributed by atoms with Gasteiger partial charge in [-0.15, -0.1) is 0 Å². The predicted octanol–water partition coefficient (Wildman–Crippen LogP) is 0.588. The summed E-state index contributed by atoms with van der Waals surface area (Å²) in [6, 6.07) is 0. The molecule has 1 N–H and O–H groups in total. The van der Waals surface area contributed by atoms with Gasteiger partial charge in [0, 0.05) is 18.7 Å². The number of hydrogen-bond acceptors (Lipinski definition) is 2. The molecule has 1 aliphatic rings. The second kappa shape index (κ2) is 4.74. The molecule has 1 rings (SSSR count). The lowest BCUT2D eigenvalue weighted by Gasteiger charge is -2.27. The molecule has 0 aromatic heterocycles. The largest absolute Gasteiger partial charge is 0.478 e. The summed E-state index contributed by atoms with van der Waals surface area (Å²) in [7, 11) is 0. The third kappa shape index (κ3) is 3.16. The van der Waals surface area contributed by atoms with Crippen LogP contribution >= 0.6 is 0 Å². The van der Waals surface area contributed by atoms with Gasteiger partial charge in [-0.05, 0) is 12.8 Å². The first kappa shape index (κ1) is 10.7. The summed E-state index contributed by atoms with van der Waals surface area (Å²) in [6.45, 7) is 0.575. The number of likely N-dealkylation sites (tertiary alicyclic amines) is 1. The molecule has 5 heteroatoms. The molecule has 1 atom stereocenters. The van der Waals surface area contributed by atoms with Crippen LogP contribution in [0, 0.1) is 0 Å². The first-order valence-electron chi connectivity index (χ1n) is 4.43. The Bertz CT molecular complexity index is 265. The topological polar surface area (TPSA) is 57.6 Å². The van der Waals surface area contributed by atoms with Crippen molar-refractivity contribution in [2.24, 2.45) is 0 Å². The fourth-order valence-electron chi connectivity index (χ4n) is 1.37. The van der Waals surface area contributed by atoms with Gasteiger partial charge in [-0.3, -0.25) is 4.79 Å². The summed E-state index contributed by atoms with van der Waals surface area (Å²) in [5, 5.41) is 8.28. The van der Waals surface area contributed by atoms with Crippen LogP contribution < -0.4 is 0 Å². The summed E-state index contributed by atoms with van der Waals surface area (Å²) in [6.07, 6.45) is 1.86. The number of rotatable bonds is 2. The maximum absolute atomic E-state index is 12.9. The Morgan fingerprint density at radius 2 is 2.14 bits per heavy atom. The van der Waals surface area contributed by atoms with E-state index in [1.165, 1.54) is 4.90 Å². The first-order valence-corrected chi connectivity index (χ1v) is 4.43. The van der Waals surface area contributed by atoms with Crippen LogP contribution in [-0.4, -0.2) is 41.1 Å². The number of nitrogens with zero attached hydrogens (tertiary/aromatic N) is 1. The molecule has 78 valence electrons. The Labute approximate surface area is 81.0 Å². The quantitative estimate of drug-likeness (QED) is 0.665. The van der Waals surface area contributed by atoms with E-state index in [4.69, 9.17) is 5.11 Å². The van der Waals surface area contributed by atoms with Crippen molar-refractivity contribution >= 4 is 11.9 Å². The van der Waals surface area contributed by atoms with E-state index in [1.807, 2.05) is 0 Å². The molecule has 1 saturated heterocycles. The van der Waals surface area contributed by atoms with E-state index in [2.05, 4.69) is 0 Å². The highest BCUT2D eigenvalue weighted by molar-refractivity contribution is 5.93. The molecule has 14 heavy (non-hydrogen) atoms. The number of amides is 1. The van der Waals surface area contributed by atoms with Gasteiger partial charge in [0.1, 0.15) is 6.17 Å². The summed E-state index contributed by atoms with van der Waals surface area (Å²) >= 11 is 0. The normalized spacial score (nSPS) is 22.6. The van der Waals surface area contributed by atoms with Gasteiger partial charge >= 0.3 is 5.97 Å². The molecule has 0 aliphatic carbocycles. The predicted molar refractivity (Wildman–Crippen MR) is 47.5 cm³/mol. The Morgan fingerprint density at radius 1 is 1.43 bits per heavy atom. The number of piperidine rings is 1. The number of hydrogen-bond donors (Lipinski definition) is 1. The van der Waals surface area contributed by atoms with Crippen LogP contribution in [0.4, 0.5) is 4.39 Å². The Kier molecular flexibility index (Phi) is 3.62. The number of carbonyl (C=O) groups is 2. The highest BCUT2D eigenvalue weighted by Crippen LogP contribution is 2.12. The molecule has 0 aromatic rings. The van der Waals surface area contributed by atoms with Gasteiger partial charge in [-0.25, -0.2) is 9.18 Å². The van der Waals surface area contributed by atoms with Crippen LogP contribution in [0.2, 0.25) is 0 Å². The molecule has 1 amide bonds. The number of carboxylic acids is 1. The van der Waals surface area contributed by atoms with Crippen molar-refractivity contribution in [3.63, 3.8) is 0 Å². The van der Waals surface area contributed by atoms with E-state index in [1.54, 1.807) is 0 Å². The van der Waals surface area contributed by atoms with Crippen molar-refractivity contribution in [1.29, 1.82) is 0 Å². The summed E-state index contributed by atoms with van der Waals surface area (Å²) in [4.78, 5) is 22.7.